The topological polar surface area (TPSA) is 72.6 Å². The molecular formula is C17H20N2O4S. The van der Waals surface area contributed by atoms with Gasteiger partial charge >= 0.3 is 0 Å². The highest BCUT2D eigenvalue weighted by molar-refractivity contribution is 7.89. The summed E-state index contributed by atoms with van der Waals surface area (Å²) in [5.41, 5.74) is 1.47. The number of sulfonamides is 1. The number of hydrogen-bond donors (Lipinski definition) is 0. The van der Waals surface area contributed by atoms with Gasteiger partial charge in [-0.05, 0) is 31.4 Å². The van der Waals surface area contributed by atoms with Gasteiger partial charge in [-0.3, -0.25) is 0 Å². The second kappa shape index (κ2) is 5.98. The van der Waals surface area contributed by atoms with E-state index in [0.717, 1.165) is 29.9 Å². The number of aromatic nitrogens is 1. The van der Waals surface area contributed by atoms with Gasteiger partial charge < -0.3 is 9.15 Å². The van der Waals surface area contributed by atoms with Crippen LogP contribution >= 0.6 is 0 Å². The van der Waals surface area contributed by atoms with Crippen LogP contribution in [0.25, 0.3) is 11.3 Å². The summed E-state index contributed by atoms with van der Waals surface area (Å²) in [5.74, 6) is 1.80. The minimum absolute atomic E-state index is 0.325. The van der Waals surface area contributed by atoms with Crippen LogP contribution in [0.5, 0.6) is 0 Å². The zero-order chi connectivity index (χ0) is 16.7. The van der Waals surface area contributed by atoms with E-state index < -0.39 is 10.0 Å². The molecule has 1 aliphatic heterocycles. The van der Waals surface area contributed by atoms with E-state index in [0.29, 0.717) is 42.9 Å². The molecule has 2 heterocycles. The average molecular weight is 348 g/mol. The zero-order valence-electron chi connectivity index (χ0n) is 13.6. The first-order valence-electron chi connectivity index (χ1n) is 8.20. The Labute approximate surface area is 141 Å². The molecule has 1 aromatic heterocycles. The third-order valence-electron chi connectivity index (χ3n) is 4.51. The molecular weight excluding hydrogens is 328 g/mol. The summed E-state index contributed by atoms with van der Waals surface area (Å²) >= 11 is 0. The highest BCUT2D eigenvalue weighted by atomic mass is 32.2. The Morgan fingerprint density at radius 2 is 1.96 bits per heavy atom. The molecule has 1 aromatic carbocycles. The van der Waals surface area contributed by atoms with Gasteiger partial charge in [0.05, 0.1) is 24.3 Å². The molecule has 0 unspecified atom stereocenters. The van der Waals surface area contributed by atoms with Crippen molar-refractivity contribution in [3.63, 3.8) is 0 Å². The number of nitrogens with zero attached hydrogens (tertiary/aromatic N) is 2. The summed E-state index contributed by atoms with van der Waals surface area (Å²) in [6.45, 7) is 3.46. The summed E-state index contributed by atoms with van der Waals surface area (Å²) in [7, 11) is -3.53. The largest absolute Gasteiger partial charge is 0.440 e. The molecule has 0 radical (unpaired) electrons. The van der Waals surface area contributed by atoms with Crippen LogP contribution in [0.2, 0.25) is 0 Å². The summed E-state index contributed by atoms with van der Waals surface area (Å²) in [6, 6.07) is 5.39. The Balaban J connectivity index is 1.69. The van der Waals surface area contributed by atoms with Crippen LogP contribution in [-0.2, 0) is 14.8 Å². The van der Waals surface area contributed by atoms with E-state index in [2.05, 4.69) is 4.98 Å². The molecule has 0 N–H and O–H groups in total. The molecule has 0 amide bonds. The van der Waals surface area contributed by atoms with Gasteiger partial charge in [-0.2, -0.15) is 4.31 Å². The maximum atomic E-state index is 12.9. The number of rotatable bonds is 4. The molecule has 2 aliphatic rings. The van der Waals surface area contributed by atoms with E-state index in [1.807, 2.05) is 19.1 Å². The van der Waals surface area contributed by atoms with Gasteiger partial charge in [0.1, 0.15) is 0 Å². The normalized spacial score (nSPS) is 19.5. The molecule has 2 fully saturated rings. The molecule has 24 heavy (non-hydrogen) atoms. The molecule has 128 valence electrons. The van der Waals surface area contributed by atoms with Crippen LogP contribution in [0.15, 0.2) is 33.7 Å². The quantitative estimate of drug-likeness (QED) is 0.849. The summed E-state index contributed by atoms with van der Waals surface area (Å²) in [4.78, 5) is 4.64. The minimum atomic E-state index is -3.53. The van der Waals surface area contributed by atoms with Crippen LogP contribution in [0.3, 0.4) is 0 Å². The van der Waals surface area contributed by atoms with Gasteiger partial charge in [0.2, 0.25) is 10.0 Å². The predicted molar refractivity (Wildman–Crippen MR) is 88.2 cm³/mol. The van der Waals surface area contributed by atoms with Crippen molar-refractivity contribution < 1.29 is 17.6 Å². The SMILES string of the molecule is Cc1ccc(-c2cnc(C3CC3)o2)cc1S(=O)(=O)N1CCOCC1. The second-order valence-electron chi connectivity index (χ2n) is 6.33. The monoisotopic (exact) mass is 348 g/mol. The first-order valence-corrected chi connectivity index (χ1v) is 9.64. The van der Waals surface area contributed by atoms with Crippen molar-refractivity contribution in [2.75, 3.05) is 26.3 Å². The summed E-state index contributed by atoms with van der Waals surface area (Å²) in [6.07, 6.45) is 3.92. The van der Waals surface area contributed by atoms with Gasteiger partial charge in [0, 0.05) is 24.6 Å². The molecule has 7 heteroatoms. The number of oxazole rings is 1. The van der Waals surface area contributed by atoms with E-state index in [1.54, 1.807) is 12.3 Å². The maximum Gasteiger partial charge on any atom is 0.243 e. The fourth-order valence-electron chi connectivity index (χ4n) is 2.90. The fraction of sp³-hybridized carbons (Fsp3) is 0.471. The van der Waals surface area contributed by atoms with Gasteiger partial charge in [-0.1, -0.05) is 12.1 Å². The second-order valence-corrected chi connectivity index (χ2v) is 8.24. The molecule has 4 rings (SSSR count). The number of morpholine rings is 1. The molecule has 6 nitrogen and oxygen atoms in total. The van der Waals surface area contributed by atoms with Crippen molar-refractivity contribution in [1.29, 1.82) is 0 Å². The zero-order valence-corrected chi connectivity index (χ0v) is 14.4. The van der Waals surface area contributed by atoms with Gasteiger partial charge in [0.25, 0.3) is 0 Å². The van der Waals surface area contributed by atoms with Crippen LogP contribution < -0.4 is 0 Å². The Kier molecular flexibility index (Phi) is 3.94. The number of benzene rings is 1. The van der Waals surface area contributed by atoms with E-state index in [9.17, 15) is 8.42 Å². The first-order chi connectivity index (χ1) is 11.6. The first kappa shape index (κ1) is 15.8. The number of aryl methyl sites for hydroxylation is 1. The Morgan fingerprint density at radius 1 is 1.21 bits per heavy atom. The predicted octanol–water partition coefficient (Wildman–Crippen LogP) is 2.55. The standard InChI is InChI=1S/C17H20N2O4S/c1-12-2-3-14(15-11-18-17(23-15)13-4-5-13)10-16(12)24(20,21)19-6-8-22-9-7-19/h2-3,10-11,13H,4-9H2,1H3. The lowest BCUT2D eigenvalue weighted by Gasteiger charge is -2.26. The smallest absolute Gasteiger partial charge is 0.243 e. The van der Waals surface area contributed by atoms with Crippen molar-refractivity contribution in [2.24, 2.45) is 0 Å². The van der Waals surface area contributed by atoms with Crippen LogP contribution in [-0.4, -0.2) is 44.0 Å². The van der Waals surface area contributed by atoms with Crippen molar-refractivity contribution in [3.8, 4) is 11.3 Å². The lowest BCUT2D eigenvalue weighted by molar-refractivity contribution is 0.0730. The summed E-state index contributed by atoms with van der Waals surface area (Å²) in [5, 5.41) is 0. The molecule has 0 bridgehead atoms. The number of hydrogen-bond acceptors (Lipinski definition) is 5. The summed E-state index contributed by atoms with van der Waals surface area (Å²) < 4.78 is 38.4. The van der Waals surface area contributed by atoms with Gasteiger partial charge in [-0.25, -0.2) is 13.4 Å². The van der Waals surface area contributed by atoms with Crippen molar-refractivity contribution >= 4 is 10.0 Å². The lowest BCUT2D eigenvalue weighted by Crippen LogP contribution is -2.40. The van der Waals surface area contributed by atoms with E-state index in [-0.39, 0.29) is 0 Å². The maximum absolute atomic E-state index is 12.9. The van der Waals surface area contributed by atoms with Gasteiger partial charge in [0.15, 0.2) is 11.7 Å². The lowest BCUT2D eigenvalue weighted by atomic mass is 10.1. The third-order valence-corrected chi connectivity index (χ3v) is 6.55. The third kappa shape index (κ3) is 2.87. The van der Waals surface area contributed by atoms with Crippen LogP contribution in [0.1, 0.15) is 30.2 Å². The van der Waals surface area contributed by atoms with Crippen LogP contribution in [0.4, 0.5) is 0 Å². The van der Waals surface area contributed by atoms with Gasteiger partial charge in [-0.15, -0.1) is 0 Å². The Morgan fingerprint density at radius 3 is 2.67 bits per heavy atom. The molecule has 1 saturated heterocycles. The average Bonchev–Trinajstić information content (AvgIpc) is 3.33. The highest BCUT2D eigenvalue weighted by Gasteiger charge is 2.30. The molecule has 2 aromatic rings. The van der Waals surface area contributed by atoms with Crippen LogP contribution in [0, 0.1) is 6.92 Å². The Bertz CT molecular complexity index is 849. The van der Waals surface area contributed by atoms with E-state index in [1.165, 1.54) is 4.31 Å². The van der Waals surface area contributed by atoms with E-state index in [4.69, 9.17) is 9.15 Å². The van der Waals surface area contributed by atoms with E-state index >= 15 is 0 Å². The van der Waals surface area contributed by atoms with Crippen molar-refractivity contribution in [3.05, 3.63) is 35.9 Å². The molecule has 0 atom stereocenters. The van der Waals surface area contributed by atoms with Crippen molar-refractivity contribution in [2.45, 2.75) is 30.6 Å². The Hall–Kier alpha value is -1.70. The minimum Gasteiger partial charge on any atom is -0.440 e. The molecule has 0 spiro atoms. The number of ether oxygens (including phenoxy) is 1. The highest BCUT2D eigenvalue weighted by Crippen LogP contribution is 2.40. The van der Waals surface area contributed by atoms with Crippen molar-refractivity contribution in [1.82, 2.24) is 9.29 Å². The fourth-order valence-corrected chi connectivity index (χ4v) is 4.56. The molecule has 1 aliphatic carbocycles. The molecule has 1 saturated carbocycles.